The van der Waals surface area contributed by atoms with Gasteiger partial charge < -0.3 is 0 Å². The van der Waals surface area contributed by atoms with Crippen molar-refractivity contribution in [2.75, 3.05) is 0 Å². The van der Waals surface area contributed by atoms with Crippen LogP contribution in [0.4, 0.5) is 8.78 Å². The largest absolute Gasteiger partial charge is 0.204 e. The van der Waals surface area contributed by atoms with Crippen LogP contribution >= 0.6 is 22.6 Å². The normalized spacial score (nSPS) is 10.5. The van der Waals surface area contributed by atoms with Crippen LogP contribution in [0.5, 0.6) is 0 Å². The Balaban J connectivity index is 2.67. The quantitative estimate of drug-likeness (QED) is 0.673. The standard InChI is InChI=1S/C13H9F2I/c1-8-5-6-9(16)7-11(8)10-3-2-4-12(14)13(10)15/h2-7H,1H3. The third-order valence-corrected chi connectivity index (χ3v) is 3.11. The molecule has 0 aromatic heterocycles. The summed E-state index contributed by atoms with van der Waals surface area (Å²) in [6, 6.07) is 9.94. The van der Waals surface area contributed by atoms with Gasteiger partial charge in [0.25, 0.3) is 0 Å². The SMILES string of the molecule is Cc1ccc(I)cc1-c1cccc(F)c1F. The average molecular weight is 330 g/mol. The highest BCUT2D eigenvalue weighted by Gasteiger charge is 2.11. The molecule has 0 saturated carbocycles. The van der Waals surface area contributed by atoms with E-state index in [-0.39, 0.29) is 0 Å². The maximum atomic E-state index is 13.6. The zero-order chi connectivity index (χ0) is 11.7. The minimum atomic E-state index is -0.809. The van der Waals surface area contributed by atoms with E-state index in [1.54, 1.807) is 6.07 Å². The van der Waals surface area contributed by atoms with Crippen molar-refractivity contribution in [2.24, 2.45) is 0 Å². The lowest BCUT2D eigenvalue weighted by Crippen LogP contribution is -1.91. The molecule has 0 radical (unpaired) electrons. The Bertz CT molecular complexity index is 535. The zero-order valence-corrected chi connectivity index (χ0v) is 10.8. The molecule has 0 aliphatic carbocycles. The van der Waals surface area contributed by atoms with Crippen molar-refractivity contribution < 1.29 is 8.78 Å². The van der Waals surface area contributed by atoms with E-state index in [9.17, 15) is 8.78 Å². The Kier molecular flexibility index (Phi) is 3.23. The fourth-order valence-electron chi connectivity index (χ4n) is 1.60. The fraction of sp³-hybridized carbons (Fsp3) is 0.0769. The average Bonchev–Trinajstić information content (AvgIpc) is 2.26. The summed E-state index contributed by atoms with van der Waals surface area (Å²) in [5.41, 5.74) is 1.99. The molecule has 0 unspecified atom stereocenters. The fourth-order valence-corrected chi connectivity index (χ4v) is 2.09. The molecular weight excluding hydrogens is 321 g/mol. The van der Waals surface area contributed by atoms with Crippen molar-refractivity contribution in [1.82, 2.24) is 0 Å². The number of benzene rings is 2. The first kappa shape index (κ1) is 11.5. The van der Waals surface area contributed by atoms with E-state index in [0.29, 0.717) is 5.56 Å². The van der Waals surface area contributed by atoms with Crippen LogP contribution in [-0.2, 0) is 0 Å². The molecular formula is C13H9F2I. The molecule has 16 heavy (non-hydrogen) atoms. The molecule has 82 valence electrons. The summed E-state index contributed by atoms with van der Waals surface area (Å²) in [5, 5.41) is 0. The van der Waals surface area contributed by atoms with Gasteiger partial charge in [0, 0.05) is 9.13 Å². The molecule has 0 saturated heterocycles. The lowest BCUT2D eigenvalue weighted by Gasteiger charge is -2.08. The van der Waals surface area contributed by atoms with Crippen molar-refractivity contribution in [3.8, 4) is 11.1 Å². The Morgan fingerprint density at radius 1 is 1.00 bits per heavy atom. The lowest BCUT2D eigenvalue weighted by atomic mass is 10.0. The third kappa shape index (κ3) is 2.09. The summed E-state index contributed by atoms with van der Waals surface area (Å²) >= 11 is 2.15. The molecule has 0 atom stereocenters. The number of aryl methyl sites for hydroxylation is 1. The molecule has 0 bridgehead atoms. The minimum Gasteiger partial charge on any atom is -0.204 e. The predicted molar refractivity (Wildman–Crippen MR) is 69.2 cm³/mol. The van der Waals surface area contributed by atoms with Crippen LogP contribution in [-0.4, -0.2) is 0 Å². The van der Waals surface area contributed by atoms with Crippen LogP contribution in [0.15, 0.2) is 36.4 Å². The molecule has 2 aromatic carbocycles. The first-order chi connectivity index (χ1) is 7.59. The van der Waals surface area contributed by atoms with Gasteiger partial charge in [-0.1, -0.05) is 18.2 Å². The van der Waals surface area contributed by atoms with Gasteiger partial charge in [-0.05, 0) is 58.8 Å². The van der Waals surface area contributed by atoms with Gasteiger partial charge in [-0.25, -0.2) is 8.78 Å². The molecule has 0 heterocycles. The molecule has 0 nitrogen and oxygen atoms in total. The third-order valence-electron chi connectivity index (χ3n) is 2.44. The van der Waals surface area contributed by atoms with Crippen LogP contribution in [0.1, 0.15) is 5.56 Å². The first-order valence-corrected chi connectivity index (χ1v) is 5.88. The second-order valence-corrected chi connectivity index (χ2v) is 4.81. The molecule has 0 N–H and O–H groups in total. The van der Waals surface area contributed by atoms with Crippen molar-refractivity contribution >= 4 is 22.6 Å². The minimum absolute atomic E-state index is 0.316. The summed E-state index contributed by atoms with van der Waals surface area (Å²) < 4.78 is 27.7. The number of hydrogen-bond donors (Lipinski definition) is 0. The van der Waals surface area contributed by atoms with Gasteiger partial charge in [-0.2, -0.15) is 0 Å². The maximum absolute atomic E-state index is 13.6. The van der Waals surface area contributed by atoms with Crippen molar-refractivity contribution in [3.05, 3.63) is 57.2 Å². The molecule has 0 aliphatic rings. The van der Waals surface area contributed by atoms with Gasteiger partial charge in [-0.3, -0.25) is 0 Å². The van der Waals surface area contributed by atoms with E-state index in [2.05, 4.69) is 22.6 Å². The Morgan fingerprint density at radius 3 is 2.50 bits per heavy atom. The summed E-state index contributed by atoms with van der Waals surface area (Å²) in [4.78, 5) is 0. The number of hydrogen-bond acceptors (Lipinski definition) is 0. The van der Waals surface area contributed by atoms with Crippen molar-refractivity contribution in [1.29, 1.82) is 0 Å². The van der Waals surface area contributed by atoms with E-state index in [1.807, 2.05) is 25.1 Å². The summed E-state index contributed by atoms with van der Waals surface area (Å²) in [6.45, 7) is 1.88. The van der Waals surface area contributed by atoms with E-state index in [0.717, 1.165) is 20.8 Å². The molecule has 3 heteroatoms. The predicted octanol–water partition coefficient (Wildman–Crippen LogP) is 4.54. The van der Waals surface area contributed by atoms with Crippen LogP contribution in [0.25, 0.3) is 11.1 Å². The topological polar surface area (TPSA) is 0 Å². The Morgan fingerprint density at radius 2 is 1.75 bits per heavy atom. The Labute approximate surface area is 106 Å². The van der Waals surface area contributed by atoms with E-state index >= 15 is 0 Å². The lowest BCUT2D eigenvalue weighted by molar-refractivity contribution is 0.511. The van der Waals surface area contributed by atoms with Gasteiger partial charge >= 0.3 is 0 Å². The first-order valence-electron chi connectivity index (χ1n) is 4.80. The molecule has 0 amide bonds. The highest BCUT2D eigenvalue weighted by atomic mass is 127. The van der Waals surface area contributed by atoms with Crippen LogP contribution in [0, 0.1) is 22.1 Å². The van der Waals surface area contributed by atoms with Crippen LogP contribution in [0.3, 0.4) is 0 Å². The second kappa shape index (κ2) is 4.49. The number of rotatable bonds is 1. The zero-order valence-electron chi connectivity index (χ0n) is 8.60. The molecule has 0 spiro atoms. The molecule has 2 rings (SSSR count). The number of halogens is 3. The second-order valence-electron chi connectivity index (χ2n) is 3.56. The van der Waals surface area contributed by atoms with Gasteiger partial charge in [0.1, 0.15) is 0 Å². The van der Waals surface area contributed by atoms with Crippen LogP contribution < -0.4 is 0 Å². The van der Waals surface area contributed by atoms with Crippen molar-refractivity contribution in [2.45, 2.75) is 6.92 Å². The van der Waals surface area contributed by atoms with Gasteiger partial charge in [0.15, 0.2) is 11.6 Å². The van der Waals surface area contributed by atoms with E-state index in [4.69, 9.17) is 0 Å². The van der Waals surface area contributed by atoms with Gasteiger partial charge in [-0.15, -0.1) is 0 Å². The molecule has 0 fully saturated rings. The van der Waals surface area contributed by atoms with Crippen LogP contribution in [0.2, 0.25) is 0 Å². The Hall–Kier alpha value is -0.970. The highest BCUT2D eigenvalue weighted by Crippen LogP contribution is 2.28. The smallest absolute Gasteiger partial charge is 0.166 e. The summed E-state index contributed by atoms with van der Waals surface area (Å²) in [5.74, 6) is -1.59. The molecule has 2 aromatic rings. The van der Waals surface area contributed by atoms with E-state index < -0.39 is 11.6 Å². The highest BCUT2D eigenvalue weighted by molar-refractivity contribution is 14.1. The molecule has 0 aliphatic heterocycles. The summed E-state index contributed by atoms with van der Waals surface area (Å²) in [6.07, 6.45) is 0. The maximum Gasteiger partial charge on any atom is 0.166 e. The monoisotopic (exact) mass is 330 g/mol. The van der Waals surface area contributed by atoms with Gasteiger partial charge in [0.2, 0.25) is 0 Å². The van der Waals surface area contributed by atoms with E-state index in [1.165, 1.54) is 6.07 Å². The van der Waals surface area contributed by atoms with Gasteiger partial charge in [0.05, 0.1) is 0 Å². The summed E-state index contributed by atoms with van der Waals surface area (Å²) in [7, 11) is 0. The van der Waals surface area contributed by atoms with Crippen molar-refractivity contribution in [3.63, 3.8) is 0 Å².